The zero-order valence-electron chi connectivity index (χ0n) is 18.2. The summed E-state index contributed by atoms with van der Waals surface area (Å²) in [5.41, 5.74) is 0.951. The quantitative estimate of drug-likeness (QED) is 0.439. The van der Waals surface area contributed by atoms with Crippen LogP contribution in [-0.4, -0.2) is 41.0 Å². The number of carbonyl (C=O) groups excluding carboxylic acids is 1. The van der Waals surface area contributed by atoms with E-state index in [4.69, 9.17) is 9.47 Å². The minimum absolute atomic E-state index is 0.0229. The number of hydrogen-bond acceptors (Lipinski definition) is 9. The number of aromatic nitrogens is 5. The normalized spacial score (nSPS) is 11.4. The maximum atomic E-state index is 13.1. The maximum Gasteiger partial charge on any atom is 0.421 e. The molecule has 0 saturated carbocycles. The summed E-state index contributed by atoms with van der Waals surface area (Å²) in [6, 6.07) is 12.0. The van der Waals surface area contributed by atoms with Crippen molar-refractivity contribution in [2.45, 2.75) is 32.9 Å². The number of rotatable bonds is 5. The third-order valence-corrected chi connectivity index (χ3v) is 4.47. The number of pyridine rings is 1. The van der Waals surface area contributed by atoms with Gasteiger partial charge in [-0.15, -0.1) is 0 Å². The third-order valence-electron chi connectivity index (χ3n) is 4.47. The molecule has 11 nitrogen and oxygen atoms in total. The maximum absolute atomic E-state index is 13.1. The van der Waals surface area contributed by atoms with Crippen LogP contribution in [0.15, 0.2) is 59.8 Å². The van der Waals surface area contributed by atoms with E-state index in [1.807, 2.05) is 23.7 Å². The van der Waals surface area contributed by atoms with Gasteiger partial charge in [0.05, 0.1) is 6.54 Å². The molecule has 11 heteroatoms. The second-order valence-electron chi connectivity index (χ2n) is 8.08. The van der Waals surface area contributed by atoms with Crippen LogP contribution >= 0.6 is 0 Å². The van der Waals surface area contributed by atoms with E-state index < -0.39 is 17.3 Å². The molecule has 0 unspecified atom stereocenters. The van der Waals surface area contributed by atoms with Crippen molar-refractivity contribution in [3.63, 3.8) is 0 Å². The van der Waals surface area contributed by atoms with Crippen LogP contribution in [0.2, 0.25) is 0 Å². The molecule has 0 aliphatic carbocycles. The van der Waals surface area contributed by atoms with Crippen LogP contribution in [0.5, 0.6) is 11.6 Å². The summed E-state index contributed by atoms with van der Waals surface area (Å²) in [4.78, 5) is 38.6. The number of benzene rings is 1. The van der Waals surface area contributed by atoms with Gasteiger partial charge in [-0.25, -0.2) is 19.3 Å². The Kier molecular flexibility index (Phi) is 5.80. The molecule has 1 aromatic carbocycles. The molecular formula is C22H22N6O5. The summed E-state index contributed by atoms with van der Waals surface area (Å²) >= 11 is 0. The first-order chi connectivity index (χ1) is 15.8. The van der Waals surface area contributed by atoms with Crippen LogP contribution in [0, 0.1) is 0 Å². The number of hydrogen-bond donors (Lipinski definition) is 2. The molecule has 3 heterocycles. The van der Waals surface area contributed by atoms with Crippen molar-refractivity contribution in [2.75, 3.05) is 5.48 Å². The molecule has 0 aliphatic heterocycles. The Morgan fingerprint density at radius 1 is 1.12 bits per heavy atom. The summed E-state index contributed by atoms with van der Waals surface area (Å²) in [5.74, 6) is 0.853. The Hall–Kier alpha value is -4.25. The predicted octanol–water partition coefficient (Wildman–Crippen LogP) is 3.41. The zero-order valence-corrected chi connectivity index (χ0v) is 18.2. The molecule has 170 valence electrons. The highest BCUT2D eigenvalue weighted by Gasteiger charge is 2.26. The van der Waals surface area contributed by atoms with E-state index in [1.165, 1.54) is 27.7 Å². The molecule has 0 spiro atoms. The number of anilines is 1. The first-order valence-electron chi connectivity index (χ1n) is 10.0. The number of carbonyl (C=O) groups is 1. The molecule has 0 saturated heterocycles. The Balaban J connectivity index is 1.85. The highest BCUT2D eigenvalue weighted by Crippen LogP contribution is 2.27. The van der Waals surface area contributed by atoms with E-state index in [1.54, 1.807) is 39.0 Å². The summed E-state index contributed by atoms with van der Waals surface area (Å²) in [6.07, 6.45) is 2.05. The van der Waals surface area contributed by atoms with Gasteiger partial charge in [0.25, 0.3) is 11.4 Å². The lowest BCUT2D eigenvalue weighted by Crippen LogP contribution is -2.30. The third kappa shape index (κ3) is 4.67. The summed E-state index contributed by atoms with van der Waals surface area (Å²) < 4.78 is 13.9. The molecule has 0 amide bonds. The van der Waals surface area contributed by atoms with E-state index in [-0.39, 0.29) is 35.1 Å². The summed E-state index contributed by atoms with van der Waals surface area (Å²) in [6.45, 7) is 5.12. The van der Waals surface area contributed by atoms with Crippen LogP contribution in [0.1, 0.15) is 26.6 Å². The van der Waals surface area contributed by atoms with Gasteiger partial charge in [-0.05, 0) is 45.0 Å². The molecule has 0 atom stereocenters. The van der Waals surface area contributed by atoms with Crippen LogP contribution in [0.4, 0.5) is 10.5 Å². The minimum Gasteiger partial charge on any atom is -0.443 e. The van der Waals surface area contributed by atoms with Gasteiger partial charge in [-0.3, -0.25) is 15.5 Å². The number of nitrogens with one attached hydrogen (secondary N) is 1. The monoisotopic (exact) mass is 450 g/mol. The molecule has 4 rings (SSSR count). The van der Waals surface area contributed by atoms with Crippen molar-refractivity contribution in [1.29, 1.82) is 0 Å². The van der Waals surface area contributed by atoms with Crippen LogP contribution < -0.4 is 15.8 Å². The fourth-order valence-corrected chi connectivity index (χ4v) is 3.10. The number of fused-ring (bicyclic) bond motifs is 1. The Labute approximate surface area is 188 Å². The van der Waals surface area contributed by atoms with Crippen molar-refractivity contribution >= 4 is 22.9 Å². The van der Waals surface area contributed by atoms with E-state index in [0.29, 0.717) is 5.75 Å². The lowest BCUT2D eigenvalue weighted by molar-refractivity contribution is 0.0537. The topological polar surface area (TPSA) is 133 Å². The Bertz CT molecular complexity index is 1360. The molecule has 0 fully saturated rings. The number of imidazole rings is 1. The Morgan fingerprint density at radius 3 is 2.58 bits per heavy atom. The predicted molar refractivity (Wildman–Crippen MR) is 119 cm³/mol. The SMILES string of the molecule is CC(C)(C)OC(=O)n1c(Cn2cccc(NO)c2=O)nc2c(Oc3ccccc3)ncnc21. The summed E-state index contributed by atoms with van der Waals surface area (Å²) in [5, 5.41) is 9.18. The van der Waals surface area contributed by atoms with Gasteiger partial charge in [0.2, 0.25) is 0 Å². The highest BCUT2D eigenvalue weighted by molar-refractivity contribution is 5.87. The average molecular weight is 450 g/mol. The first-order valence-corrected chi connectivity index (χ1v) is 10.0. The van der Waals surface area contributed by atoms with Crippen molar-refractivity contribution in [3.05, 3.63) is 71.2 Å². The van der Waals surface area contributed by atoms with Gasteiger partial charge in [-0.1, -0.05) is 18.2 Å². The van der Waals surface area contributed by atoms with Crippen LogP contribution in [-0.2, 0) is 11.3 Å². The van der Waals surface area contributed by atoms with Crippen molar-refractivity contribution < 1.29 is 19.5 Å². The molecular weight excluding hydrogens is 428 g/mol. The first kappa shape index (κ1) is 22.0. The van der Waals surface area contributed by atoms with E-state index in [2.05, 4.69) is 15.0 Å². The number of ether oxygens (including phenoxy) is 2. The van der Waals surface area contributed by atoms with Crippen molar-refractivity contribution in [2.24, 2.45) is 0 Å². The van der Waals surface area contributed by atoms with Gasteiger partial charge in [0.15, 0.2) is 11.2 Å². The molecule has 3 aromatic heterocycles. The van der Waals surface area contributed by atoms with Gasteiger partial charge in [0.1, 0.15) is 29.2 Å². The lowest BCUT2D eigenvalue weighted by Gasteiger charge is -2.20. The van der Waals surface area contributed by atoms with Gasteiger partial charge < -0.3 is 14.0 Å². The largest absolute Gasteiger partial charge is 0.443 e. The minimum atomic E-state index is -0.779. The van der Waals surface area contributed by atoms with Gasteiger partial charge in [0, 0.05) is 6.20 Å². The van der Waals surface area contributed by atoms with Gasteiger partial charge >= 0.3 is 6.09 Å². The second kappa shape index (κ2) is 8.71. The molecule has 2 N–H and O–H groups in total. The lowest BCUT2D eigenvalue weighted by atomic mass is 10.2. The average Bonchev–Trinajstić information content (AvgIpc) is 3.14. The van der Waals surface area contributed by atoms with E-state index in [9.17, 15) is 14.8 Å². The van der Waals surface area contributed by atoms with E-state index in [0.717, 1.165) is 0 Å². The van der Waals surface area contributed by atoms with Crippen molar-refractivity contribution in [3.8, 4) is 11.6 Å². The van der Waals surface area contributed by atoms with Crippen LogP contribution in [0.3, 0.4) is 0 Å². The molecule has 33 heavy (non-hydrogen) atoms. The summed E-state index contributed by atoms with van der Waals surface area (Å²) in [7, 11) is 0. The highest BCUT2D eigenvalue weighted by atomic mass is 16.6. The molecule has 4 aromatic rings. The van der Waals surface area contributed by atoms with E-state index >= 15 is 0 Å². The smallest absolute Gasteiger partial charge is 0.421 e. The molecule has 0 radical (unpaired) electrons. The fraction of sp³-hybridized carbons (Fsp3) is 0.227. The second-order valence-corrected chi connectivity index (χ2v) is 8.08. The fourth-order valence-electron chi connectivity index (χ4n) is 3.10. The molecule has 0 bridgehead atoms. The van der Waals surface area contributed by atoms with Crippen LogP contribution in [0.25, 0.3) is 11.2 Å². The van der Waals surface area contributed by atoms with Crippen molar-refractivity contribution in [1.82, 2.24) is 24.1 Å². The Morgan fingerprint density at radius 2 is 1.88 bits per heavy atom. The number of para-hydroxylation sites is 1. The van der Waals surface area contributed by atoms with Gasteiger partial charge in [-0.2, -0.15) is 4.98 Å². The standard InChI is InChI=1S/C22H22N6O5/c1-22(2,3)33-21(30)28-16(12-27-11-7-10-15(26-31)20(27)29)25-17-18(28)23-13-24-19(17)32-14-8-5-4-6-9-14/h4-11,13,26,31H,12H2,1-3H3. The number of nitrogens with zero attached hydrogens (tertiary/aromatic N) is 5. The zero-order chi connectivity index (χ0) is 23.6. The molecule has 0 aliphatic rings.